The molecule has 1 aromatic carbocycles. The van der Waals surface area contributed by atoms with Crippen molar-refractivity contribution in [3.05, 3.63) is 35.4 Å². The molecule has 0 aliphatic carbocycles. The first-order chi connectivity index (χ1) is 11.4. The SMILES string of the molecule is CCNC(=NCc1ccc(C(F)(F)F)cc1)NCC1CCCN1C.I. The van der Waals surface area contributed by atoms with E-state index in [4.69, 9.17) is 0 Å². The summed E-state index contributed by atoms with van der Waals surface area (Å²) < 4.78 is 37.7. The minimum absolute atomic E-state index is 0. The molecule has 0 aromatic heterocycles. The number of rotatable bonds is 5. The predicted molar refractivity (Wildman–Crippen MR) is 105 cm³/mol. The Balaban J connectivity index is 0.00000312. The van der Waals surface area contributed by atoms with Crippen LogP contribution in [0.15, 0.2) is 29.3 Å². The molecule has 0 bridgehead atoms. The molecule has 1 heterocycles. The average Bonchev–Trinajstić information content (AvgIpc) is 2.95. The number of alkyl halides is 3. The highest BCUT2D eigenvalue weighted by Crippen LogP contribution is 2.29. The summed E-state index contributed by atoms with van der Waals surface area (Å²) in [5.74, 6) is 0.692. The second-order valence-electron chi connectivity index (χ2n) is 6.05. The van der Waals surface area contributed by atoms with Gasteiger partial charge in [0, 0.05) is 19.1 Å². The van der Waals surface area contributed by atoms with Crippen LogP contribution in [0.25, 0.3) is 0 Å². The van der Waals surface area contributed by atoms with Gasteiger partial charge in [0.2, 0.25) is 0 Å². The monoisotopic (exact) mass is 470 g/mol. The summed E-state index contributed by atoms with van der Waals surface area (Å²) in [5, 5.41) is 6.48. The Morgan fingerprint density at radius 2 is 1.92 bits per heavy atom. The number of benzene rings is 1. The first-order valence-corrected chi connectivity index (χ1v) is 8.28. The molecule has 4 nitrogen and oxygen atoms in total. The van der Waals surface area contributed by atoms with E-state index in [1.54, 1.807) is 0 Å². The van der Waals surface area contributed by atoms with E-state index in [1.165, 1.54) is 25.0 Å². The molecule has 0 amide bonds. The second kappa shape index (κ2) is 10.2. The zero-order valence-electron chi connectivity index (χ0n) is 14.6. The van der Waals surface area contributed by atoms with E-state index >= 15 is 0 Å². The van der Waals surface area contributed by atoms with E-state index in [2.05, 4.69) is 27.6 Å². The van der Waals surface area contributed by atoms with E-state index in [0.29, 0.717) is 18.5 Å². The summed E-state index contributed by atoms with van der Waals surface area (Å²) in [6.45, 7) is 4.99. The Labute approximate surface area is 164 Å². The van der Waals surface area contributed by atoms with Gasteiger partial charge in [-0.05, 0) is 51.1 Å². The van der Waals surface area contributed by atoms with Crippen molar-refractivity contribution in [1.29, 1.82) is 0 Å². The van der Waals surface area contributed by atoms with Gasteiger partial charge in [-0.1, -0.05) is 12.1 Å². The molecule has 0 radical (unpaired) electrons. The molecule has 1 fully saturated rings. The Kier molecular flexibility index (Phi) is 8.98. The first-order valence-electron chi connectivity index (χ1n) is 8.28. The largest absolute Gasteiger partial charge is 0.416 e. The maximum absolute atomic E-state index is 12.6. The molecule has 1 aliphatic heterocycles. The highest BCUT2D eigenvalue weighted by molar-refractivity contribution is 14.0. The molecule has 2 rings (SSSR count). The third-order valence-corrected chi connectivity index (χ3v) is 4.22. The van der Waals surface area contributed by atoms with Crippen LogP contribution in [0.2, 0.25) is 0 Å². The summed E-state index contributed by atoms with van der Waals surface area (Å²) in [5.41, 5.74) is 0.114. The molecule has 1 atom stereocenters. The molecule has 0 saturated carbocycles. The van der Waals surface area contributed by atoms with Crippen molar-refractivity contribution >= 4 is 29.9 Å². The fourth-order valence-electron chi connectivity index (χ4n) is 2.76. The highest BCUT2D eigenvalue weighted by atomic mass is 127. The summed E-state index contributed by atoms with van der Waals surface area (Å²) in [6.07, 6.45) is -1.92. The van der Waals surface area contributed by atoms with E-state index in [9.17, 15) is 13.2 Å². The van der Waals surface area contributed by atoms with Gasteiger partial charge in [-0.15, -0.1) is 24.0 Å². The molecule has 1 unspecified atom stereocenters. The van der Waals surface area contributed by atoms with Crippen LogP contribution < -0.4 is 10.6 Å². The molecule has 8 heteroatoms. The third kappa shape index (κ3) is 7.01. The Morgan fingerprint density at radius 1 is 1.24 bits per heavy atom. The van der Waals surface area contributed by atoms with E-state index in [1.807, 2.05) is 6.92 Å². The zero-order chi connectivity index (χ0) is 17.6. The smallest absolute Gasteiger partial charge is 0.357 e. The van der Waals surface area contributed by atoms with Gasteiger partial charge in [0.25, 0.3) is 0 Å². The van der Waals surface area contributed by atoms with E-state index in [0.717, 1.165) is 37.3 Å². The molecule has 1 saturated heterocycles. The highest BCUT2D eigenvalue weighted by Gasteiger charge is 2.29. The van der Waals surface area contributed by atoms with Crippen LogP contribution in [0.3, 0.4) is 0 Å². The minimum atomic E-state index is -4.30. The quantitative estimate of drug-likeness (QED) is 0.394. The number of guanidine groups is 1. The first kappa shape index (κ1) is 22.0. The van der Waals surface area contributed by atoms with Crippen molar-refractivity contribution < 1.29 is 13.2 Å². The summed E-state index contributed by atoms with van der Waals surface area (Å²) in [4.78, 5) is 6.78. The lowest BCUT2D eigenvalue weighted by molar-refractivity contribution is -0.137. The van der Waals surface area contributed by atoms with Gasteiger partial charge < -0.3 is 15.5 Å². The van der Waals surface area contributed by atoms with Crippen molar-refractivity contribution in [2.24, 2.45) is 4.99 Å². The summed E-state index contributed by atoms with van der Waals surface area (Å²) in [6, 6.07) is 5.64. The lowest BCUT2D eigenvalue weighted by atomic mass is 10.1. The Hall–Kier alpha value is -1.03. The molecule has 0 spiro atoms. The number of aliphatic imine (C=N–C) groups is 1. The fourth-order valence-corrected chi connectivity index (χ4v) is 2.76. The van der Waals surface area contributed by atoms with Crippen molar-refractivity contribution in [2.45, 2.75) is 38.5 Å². The summed E-state index contributed by atoms with van der Waals surface area (Å²) in [7, 11) is 2.12. The maximum atomic E-state index is 12.6. The number of likely N-dealkylation sites (tertiary alicyclic amines) is 1. The number of likely N-dealkylation sites (N-methyl/N-ethyl adjacent to an activating group) is 1. The number of hydrogen-bond acceptors (Lipinski definition) is 2. The van der Waals surface area contributed by atoms with Gasteiger partial charge in [0.1, 0.15) is 0 Å². The van der Waals surface area contributed by atoms with Crippen LogP contribution in [-0.2, 0) is 12.7 Å². The van der Waals surface area contributed by atoms with Gasteiger partial charge in [0.05, 0.1) is 12.1 Å². The third-order valence-electron chi connectivity index (χ3n) is 4.22. The predicted octanol–water partition coefficient (Wildman–Crippen LogP) is 3.47. The van der Waals surface area contributed by atoms with Crippen LogP contribution >= 0.6 is 24.0 Å². The maximum Gasteiger partial charge on any atom is 0.416 e. The molecule has 142 valence electrons. The van der Waals surface area contributed by atoms with Gasteiger partial charge in [-0.3, -0.25) is 0 Å². The van der Waals surface area contributed by atoms with Crippen molar-refractivity contribution in [3.63, 3.8) is 0 Å². The molecule has 1 aromatic rings. The van der Waals surface area contributed by atoms with Crippen molar-refractivity contribution in [3.8, 4) is 0 Å². The summed E-state index contributed by atoms with van der Waals surface area (Å²) >= 11 is 0. The second-order valence-corrected chi connectivity index (χ2v) is 6.05. The van der Waals surface area contributed by atoms with Gasteiger partial charge in [-0.2, -0.15) is 13.2 Å². The molecule has 2 N–H and O–H groups in total. The standard InChI is InChI=1S/C17H25F3N4.HI/c1-3-21-16(23-12-15-5-4-10-24(15)2)22-11-13-6-8-14(9-7-13)17(18,19)20;/h6-9,15H,3-5,10-12H2,1-2H3,(H2,21,22,23);1H. The topological polar surface area (TPSA) is 39.7 Å². The molecule has 25 heavy (non-hydrogen) atoms. The van der Waals surface area contributed by atoms with Crippen LogP contribution in [0.4, 0.5) is 13.2 Å². The van der Waals surface area contributed by atoms with Crippen molar-refractivity contribution in [2.75, 3.05) is 26.7 Å². The van der Waals surface area contributed by atoms with E-state index in [-0.39, 0.29) is 24.0 Å². The van der Waals surface area contributed by atoms with Crippen LogP contribution in [0, 0.1) is 0 Å². The molecular weight excluding hydrogens is 444 g/mol. The molecular formula is C17H26F3IN4. The van der Waals surface area contributed by atoms with Gasteiger partial charge >= 0.3 is 6.18 Å². The van der Waals surface area contributed by atoms with Crippen molar-refractivity contribution in [1.82, 2.24) is 15.5 Å². The minimum Gasteiger partial charge on any atom is -0.357 e. The zero-order valence-corrected chi connectivity index (χ0v) is 16.9. The van der Waals surface area contributed by atoms with E-state index < -0.39 is 11.7 Å². The van der Waals surface area contributed by atoms with Crippen LogP contribution in [0.1, 0.15) is 30.9 Å². The fraction of sp³-hybridized carbons (Fsp3) is 0.588. The Bertz CT molecular complexity index is 546. The molecule has 1 aliphatic rings. The lowest BCUT2D eigenvalue weighted by Gasteiger charge is -2.21. The van der Waals surface area contributed by atoms with Gasteiger partial charge in [0.15, 0.2) is 5.96 Å². The number of hydrogen-bond donors (Lipinski definition) is 2. The number of nitrogens with one attached hydrogen (secondary N) is 2. The number of halogens is 4. The average molecular weight is 470 g/mol. The van der Waals surface area contributed by atoms with Crippen LogP contribution in [-0.4, -0.2) is 43.6 Å². The van der Waals surface area contributed by atoms with Gasteiger partial charge in [-0.25, -0.2) is 4.99 Å². The lowest BCUT2D eigenvalue weighted by Crippen LogP contribution is -2.44. The van der Waals surface area contributed by atoms with Crippen LogP contribution in [0.5, 0.6) is 0 Å². The normalized spacial score (nSPS) is 18.8. The Morgan fingerprint density at radius 3 is 2.44 bits per heavy atom. The number of nitrogens with zero attached hydrogens (tertiary/aromatic N) is 2.